The van der Waals surface area contributed by atoms with Crippen LogP contribution in [0.15, 0.2) is 12.1 Å². The summed E-state index contributed by atoms with van der Waals surface area (Å²) in [5.74, 6) is 2.35. The van der Waals surface area contributed by atoms with Gasteiger partial charge in [-0.1, -0.05) is 11.8 Å². The predicted molar refractivity (Wildman–Crippen MR) is 53.4 cm³/mol. The minimum atomic E-state index is -1.24. The minimum absolute atomic E-state index is 0.266. The van der Waals surface area contributed by atoms with E-state index >= 15 is 0 Å². The average Bonchev–Trinajstić information content (AvgIpc) is 2.21. The Labute approximate surface area is 86.9 Å². The normalized spacial score (nSPS) is 9.53. The standard InChI is InChI=1S/C11H11F2NO/c1-14-5-3-2-4-8-6-9(12)11(13)10(15)7-8/h6-7,14-15H,3,5H2,1H3. The number of rotatable bonds is 2. The number of aromatic hydroxyl groups is 1. The summed E-state index contributed by atoms with van der Waals surface area (Å²) in [6.45, 7) is 0.725. The number of hydrogen-bond acceptors (Lipinski definition) is 2. The van der Waals surface area contributed by atoms with Crippen molar-refractivity contribution in [3.63, 3.8) is 0 Å². The summed E-state index contributed by atoms with van der Waals surface area (Å²) >= 11 is 0. The molecule has 2 nitrogen and oxygen atoms in total. The Balaban J connectivity index is 2.81. The Hall–Kier alpha value is -1.60. The van der Waals surface area contributed by atoms with Crippen molar-refractivity contribution in [3.8, 4) is 17.6 Å². The molecule has 1 aromatic carbocycles. The second-order valence-corrected chi connectivity index (χ2v) is 2.95. The first-order valence-corrected chi connectivity index (χ1v) is 4.46. The largest absolute Gasteiger partial charge is 0.505 e. The Kier molecular flexibility index (Phi) is 4.07. The molecule has 0 amide bonds. The first-order chi connectivity index (χ1) is 7.15. The molecule has 2 N–H and O–H groups in total. The van der Waals surface area contributed by atoms with Gasteiger partial charge in [0.15, 0.2) is 17.4 Å². The zero-order chi connectivity index (χ0) is 11.3. The van der Waals surface area contributed by atoms with Crippen LogP contribution in [0.25, 0.3) is 0 Å². The van der Waals surface area contributed by atoms with Crippen LogP contribution in [0.5, 0.6) is 5.75 Å². The van der Waals surface area contributed by atoms with E-state index in [0.717, 1.165) is 18.7 Å². The van der Waals surface area contributed by atoms with Crippen LogP contribution in [0, 0.1) is 23.5 Å². The highest BCUT2D eigenvalue weighted by molar-refractivity contribution is 5.40. The minimum Gasteiger partial charge on any atom is -0.505 e. The van der Waals surface area contributed by atoms with E-state index in [-0.39, 0.29) is 5.56 Å². The molecule has 0 aliphatic rings. The number of nitrogens with one attached hydrogen (secondary N) is 1. The Morgan fingerprint density at radius 3 is 2.73 bits per heavy atom. The zero-order valence-electron chi connectivity index (χ0n) is 8.27. The molecule has 0 heterocycles. The maximum absolute atomic E-state index is 12.8. The molecular weight excluding hydrogens is 200 g/mol. The quantitative estimate of drug-likeness (QED) is 0.575. The molecule has 0 saturated heterocycles. The molecule has 15 heavy (non-hydrogen) atoms. The number of halogens is 2. The van der Waals surface area contributed by atoms with Crippen molar-refractivity contribution in [2.24, 2.45) is 0 Å². The molecule has 0 unspecified atom stereocenters. The second kappa shape index (κ2) is 5.32. The summed E-state index contributed by atoms with van der Waals surface area (Å²) in [5, 5.41) is 11.9. The number of hydrogen-bond donors (Lipinski definition) is 2. The van der Waals surface area contributed by atoms with Crippen molar-refractivity contribution in [3.05, 3.63) is 29.3 Å². The first kappa shape index (κ1) is 11.5. The monoisotopic (exact) mass is 211 g/mol. The van der Waals surface area contributed by atoms with E-state index < -0.39 is 17.4 Å². The number of phenols is 1. The highest BCUT2D eigenvalue weighted by Crippen LogP contribution is 2.19. The van der Waals surface area contributed by atoms with Crippen LogP contribution in [0.3, 0.4) is 0 Å². The summed E-state index contributed by atoms with van der Waals surface area (Å²) in [4.78, 5) is 0. The van der Waals surface area contributed by atoms with E-state index in [4.69, 9.17) is 5.11 Å². The lowest BCUT2D eigenvalue weighted by Crippen LogP contribution is -2.05. The molecule has 1 aromatic rings. The van der Waals surface area contributed by atoms with Gasteiger partial charge in [-0.15, -0.1) is 0 Å². The van der Waals surface area contributed by atoms with E-state index in [9.17, 15) is 8.78 Å². The highest BCUT2D eigenvalue weighted by atomic mass is 19.2. The van der Waals surface area contributed by atoms with Gasteiger partial charge in [0.2, 0.25) is 0 Å². The fourth-order valence-electron chi connectivity index (χ4n) is 0.999. The van der Waals surface area contributed by atoms with Gasteiger partial charge in [0, 0.05) is 18.5 Å². The summed E-state index contributed by atoms with van der Waals surface area (Å²) < 4.78 is 25.5. The lowest BCUT2D eigenvalue weighted by atomic mass is 10.2. The van der Waals surface area contributed by atoms with Gasteiger partial charge in [0.1, 0.15) is 0 Å². The molecule has 1 rings (SSSR count). The fourth-order valence-corrected chi connectivity index (χ4v) is 0.999. The van der Waals surface area contributed by atoms with Crippen LogP contribution in [-0.2, 0) is 0 Å². The van der Waals surface area contributed by atoms with Crippen molar-refractivity contribution in [2.45, 2.75) is 6.42 Å². The molecular formula is C11H11F2NO. The SMILES string of the molecule is CNCCC#Cc1cc(O)c(F)c(F)c1. The van der Waals surface area contributed by atoms with E-state index in [1.165, 1.54) is 0 Å². The molecule has 0 aromatic heterocycles. The van der Waals surface area contributed by atoms with E-state index in [1.807, 2.05) is 0 Å². The molecule has 0 radical (unpaired) electrons. The first-order valence-electron chi connectivity index (χ1n) is 4.46. The van der Waals surface area contributed by atoms with Gasteiger partial charge < -0.3 is 10.4 Å². The molecule has 0 bridgehead atoms. The maximum Gasteiger partial charge on any atom is 0.200 e. The van der Waals surface area contributed by atoms with Crippen molar-refractivity contribution < 1.29 is 13.9 Å². The predicted octanol–water partition coefficient (Wildman–Crippen LogP) is 1.63. The molecule has 0 saturated carbocycles. The van der Waals surface area contributed by atoms with Gasteiger partial charge in [-0.2, -0.15) is 4.39 Å². The third-order valence-electron chi connectivity index (χ3n) is 1.74. The fraction of sp³-hybridized carbons (Fsp3) is 0.273. The van der Waals surface area contributed by atoms with Gasteiger partial charge in [0.25, 0.3) is 0 Å². The molecule has 0 fully saturated rings. The topological polar surface area (TPSA) is 32.3 Å². The van der Waals surface area contributed by atoms with Crippen LogP contribution >= 0.6 is 0 Å². The van der Waals surface area contributed by atoms with Gasteiger partial charge in [-0.05, 0) is 19.2 Å². The van der Waals surface area contributed by atoms with Gasteiger partial charge in [-0.25, -0.2) is 4.39 Å². The summed E-state index contributed by atoms with van der Waals surface area (Å²) in [6.07, 6.45) is 0.607. The smallest absolute Gasteiger partial charge is 0.200 e. The summed E-state index contributed by atoms with van der Waals surface area (Å²) in [5.41, 5.74) is 0.266. The maximum atomic E-state index is 12.8. The van der Waals surface area contributed by atoms with Crippen LogP contribution < -0.4 is 5.32 Å². The van der Waals surface area contributed by atoms with Crippen molar-refractivity contribution in [1.82, 2.24) is 5.32 Å². The third kappa shape index (κ3) is 3.22. The third-order valence-corrected chi connectivity index (χ3v) is 1.74. The van der Waals surface area contributed by atoms with Crippen molar-refractivity contribution in [2.75, 3.05) is 13.6 Å². The van der Waals surface area contributed by atoms with E-state index in [2.05, 4.69) is 17.2 Å². The van der Waals surface area contributed by atoms with Gasteiger partial charge in [0.05, 0.1) is 0 Å². The van der Waals surface area contributed by atoms with E-state index in [0.29, 0.717) is 6.42 Å². The van der Waals surface area contributed by atoms with Gasteiger partial charge >= 0.3 is 0 Å². The lowest BCUT2D eigenvalue weighted by molar-refractivity contribution is 0.407. The summed E-state index contributed by atoms with van der Waals surface area (Å²) in [7, 11) is 1.80. The zero-order valence-corrected chi connectivity index (χ0v) is 8.27. The highest BCUT2D eigenvalue weighted by Gasteiger charge is 2.07. The Morgan fingerprint density at radius 1 is 1.40 bits per heavy atom. The molecule has 0 aliphatic carbocycles. The van der Waals surface area contributed by atoms with Crippen molar-refractivity contribution in [1.29, 1.82) is 0 Å². The molecule has 4 heteroatoms. The Morgan fingerprint density at radius 2 is 2.13 bits per heavy atom. The van der Waals surface area contributed by atoms with Crippen LogP contribution in [0.2, 0.25) is 0 Å². The van der Waals surface area contributed by atoms with Gasteiger partial charge in [-0.3, -0.25) is 0 Å². The number of benzene rings is 1. The molecule has 0 spiro atoms. The molecule has 0 atom stereocenters. The average molecular weight is 211 g/mol. The molecule has 0 aliphatic heterocycles. The van der Waals surface area contributed by atoms with Crippen LogP contribution in [0.4, 0.5) is 8.78 Å². The van der Waals surface area contributed by atoms with Crippen molar-refractivity contribution >= 4 is 0 Å². The lowest BCUT2D eigenvalue weighted by Gasteiger charge is -1.97. The van der Waals surface area contributed by atoms with Crippen LogP contribution in [0.1, 0.15) is 12.0 Å². The Bertz CT molecular complexity index is 384. The van der Waals surface area contributed by atoms with E-state index in [1.54, 1.807) is 7.05 Å². The number of phenolic OH excluding ortho intramolecular Hbond substituents is 1. The summed E-state index contributed by atoms with van der Waals surface area (Å²) in [6, 6.07) is 2.06. The molecule has 80 valence electrons. The second-order valence-electron chi connectivity index (χ2n) is 2.95. The van der Waals surface area contributed by atoms with Crippen LogP contribution in [-0.4, -0.2) is 18.7 Å².